The molecule has 1 aliphatic carbocycles. The predicted octanol–water partition coefficient (Wildman–Crippen LogP) is 3.41. The number of hydrogen-bond acceptors (Lipinski definition) is 3. The number of nitrogen functional groups attached to an aromatic ring is 1. The van der Waals surface area contributed by atoms with Gasteiger partial charge in [0.05, 0.1) is 18.0 Å². The molecule has 0 saturated heterocycles. The zero-order valence-corrected chi connectivity index (χ0v) is 11.2. The van der Waals surface area contributed by atoms with E-state index in [9.17, 15) is 4.39 Å². The van der Waals surface area contributed by atoms with Crippen molar-refractivity contribution < 1.29 is 9.13 Å². The molecule has 1 saturated carbocycles. The summed E-state index contributed by atoms with van der Waals surface area (Å²) in [7, 11) is 0. The van der Waals surface area contributed by atoms with Gasteiger partial charge in [-0.2, -0.15) is 0 Å². The second-order valence-electron chi connectivity index (χ2n) is 5.61. The first-order valence-corrected chi connectivity index (χ1v) is 6.42. The number of nitrogens with two attached hydrogens (primary N) is 1. The average molecular weight is 252 g/mol. The Morgan fingerprint density at radius 2 is 2.17 bits per heavy atom. The van der Waals surface area contributed by atoms with E-state index in [1.54, 1.807) is 6.07 Å². The van der Waals surface area contributed by atoms with Crippen LogP contribution >= 0.6 is 0 Å². The van der Waals surface area contributed by atoms with Crippen molar-refractivity contribution in [2.24, 2.45) is 5.41 Å². The number of hydrogen-bond donors (Lipinski definition) is 2. The van der Waals surface area contributed by atoms with E-state index in [1.165, 1.54) is 6.07 Å². The Morgan fingerprint density at radius 1 is 1.50 bits per heavy atom. The van der Waals surface area contributed by atoms with Crippen LogP contribution in [0.4, 0.5) is 15.8 Å². The van der Waals surface area contributed by atoms with Gasteiger partial charge in [0.25, 0.3) is 0 Å². The molecule has 1 unspecified atom stereocenters. The van der Waals surface area contributed by atoms with Gasteiger partial charge in [0.2, 0.25) is 0 Å². The highest BCUT2D eigenvalue weighted by Gasteiger charge is 2.45. The highest BCUT2D eigenvalue weighted by Crippen LogP contribution is 2.47. The van der Waals surface area contributed by atoms with Gasteiger partial charge in [0, 0.05) is 18.2 Å². The molecule has 0 bridgehead atoms. The zero-order chi connectivity index (χ0) is 13.3. The summed E-state index contributed by atoms with van der Waals surface area (Å²) in [4.78, 5) is 0. The van der Waals surface area contributed by atoms with Gasteiger partial charge < -0.3 is 15.8 Å². The minimum atomic E-state index is -0.401. The van der Waals surface area contributed by atoms with Gasteiger partial charge in [-0.15, -0.1) is 0 Å². The molecule has 3 N–H and O–H groups in total. The SMILES string of the molecule is CCCOc1cc(NC2CC2(C)C)c(N)cc1F. The lowest BCUT2D eigenvalue weighted by Crippen LogP contribution is -2.11. The van der Waals surface area contributed by atoms with Crippen LogP contribution in [0.3, 0.4) is 0 Å². The van der Waals surface area contributed by atoms with Crippen molar-refractivity contribution in [2.45, 2.75) is 39.7 Å². The molecule has 3 nitrogen and oxygen atoms in total. The number of rotatable bonds is 5. The first kappa shape index (κ1) is 13.0. The van der Waals surface area contributed by atoms with Crippen molar-refractivity contribution >= 4 is 11.4 Å². The fraction of sp³-hybridized carbons (Fsp3) is 0.571. The number of benzene rings is 1. The molecular weight excluding hydrogens is 231 g/mol. The molecular formula is C14H21FN2O. The fourth-order valence-electron chi connectivity index (χ4n) is 1.92. The Labute approximate surface area is 108 Å². The van der Waals surface area contributed by atoms with E-state index in [2.05, 4.69) is 19.2 Å². The van der Waals surface area contributed by atoms with Crippen LogP contribution in [-0.4, -0.2) is 12.6 Å². The predicted molar refractivity (Wildman–Crippen MR) is 72.4 cm³/mol. The van der Waals surface area contributed by atoms with Crippen LogP contribution in [0.5, 0.6) is 5.75 Å². The van der Waals surface area contributed by atoms with Gasteiger partial charge in [-0.1, -0.05) is 20.8 Å². The van der Waals surface area contributed by atoms with Crippen LogP contribution in [-0.2, 0) is 0 Å². The summed E-state index contributed by atoms with van der Waals surface area (Å²) >= 11 is 0. The first-order chi connectivity index (χ1) is 8.44. The lowest BCUT2D eigenvalue weighted by atomic mass is 10.2. The third-order valence-electron chi connectivity index (χ3n) is 3.41. The molecule has 18 heavy (non-hydrogen) atoms. The van der Waals surface area contributed by atoms with E-state index in [4.69, 9.17) is 10.5 Å². The van der Waals surface area contributed by atoms with Gasteiger partial charge in [0.15, 0.2) is 11.6 Å². The Balaban J connectivity index is 2.14. The minimum Gasteiger partial charge on any atom is -0.490 e. The molecule has 4 heteroatoms. The van der Waals surface area contributed by atoms with Crippen molar-refractivity contribution in [1.29, 1.82) is 0 Å². The molecule has 1 aromatic carbocycles. The van der Waals surface area contributed by atoms with Crippen LogP contribution in [0, 0.1) is 11.2 Å². The maximum absolute atomic E-state index is 13.6. The molecule has 0 spiro atoms. The highest BCUT2D eigenvalue weighted by molar-refractivity contribution is 5.69. The van der Waals surface area contributed by atoms with Crippen molar-refractivity contribution in [3.8, 4) is 5.75 Å². The summed E-state index contributed by atoms with van der Waals surface area (Å²) in [6, 6.07) is 3.39. The molecule has 0 heterocycles. The van der Waals surface area contributed by atoms with E-state index >= 15 is 0 Å². The summed E-state index contributed by atoms with van der Waals surface area (Å²) in [5.41, 5.74) is 7.31. The van der Waals surface area contributed by atoms with Gasteiger partial charge >= 0.3 is 0 Å². The quantitative estimate of drug-likeness (QED) is 0.789. The van der Waals surface area contributed by atoms with Crippen molar-refractivity contribution in [3.05, 3.63) is 17.9 Å². The molecule has 1 atom stereocenters. The Morgan fingerprint density at radius 3 is 2.72 bits per heavy atom. The van der Waals surface area contributed by atoms with E-state index in [-0.39, 0.29) is 5.75 Å². The minimum absolute atomic E-state index is 0.270. The molecule has 1 fully saturated rings. The molecule has 0 radical (unpaired) electrons. The largest absolute Gasteiger partial charge is 0.490 e. The monoisotopic (exact) mass is 252 g/mol. The van der Waals surface area contributed by atoms with Crippen molar-refractivity contribution in [2.75, 3.05) is 17.7 Å². The second-order valence-corrected chi connectivity index (χ2v) is 5.61. The number of ether oxygens (including phenoxy) is 1. The topological polar surface area (TPSA) is 47.3 Å². The van der Waals surface area contributed by atoms with Crippen LogP contribution in [0.25, 0.3) is 0 Å². The van der Waals surface area contributed by atoms with Crippen LogP contribution in [0.1, 0.15) is 33.6 Å². The van der Waals surface area contributed by atoms with Gasteiger partial charge in [-0.25, -0.2) is 4.39 Å². The third-order valence-corrected chi connectivity index (χ3v) is 3.41. The summed E-state index contributed by atoms with van der Waals surface area (Å²) < 4.78 is 19.0. The molecule has 100 valence electrons. The molecule has 1 aliphatic rings. The highest BCUT2D eigenvalue weighted by atomic mass is 19.1. The molecule has 0 aromatic heterocycles. The molecule has 0 aliphatic heterocycles. The van der Waals surface area contributed by atoms with Crippen LogP contribution in [0.15, 0.2) is 12.1 Å². The average Bonchev–Trinajstić information content (AvgIpc) is 2.88. The first-order valence-electron chi connectivity index (χ1n) is 6.42. The summed E-state index contributed by atoms with van der Waals surface area (Å²) in [5.74, 6) is -0.131. The van der Waals surface area contributed by atoms with E-state index in [0.29, 0.717) is 23.8 Å². The van der Waals surface area contributed by atoms with E-state index < -0.39 is 5.82 Å². The van der Waals surface area contributed by atoms with Crippen LogP contribution < -0.4 is 15.8 Å². The second kappa shape index (κ2) is 4.67. The van der Waals surface area contributed by atoms with Gasteiger partial charge in [0.1, 0.15) is 0 Å². The lowest BCUT2D eigenvalue weighted by molar-refractivity contribution is 0.301. The number of nitrogens with one attached hydrogen (secondary N) is 1. The summed E-state index contributed by atoms with van der Waals surface area (Å²) in [6.45, 7) is 6.88. The standard InChI is InChI=1S/C14H21FN2O/c1-4-5-18-12-7-11(10(16)6-9(12)15)17-13-8-14(13,2)3/h6-7,13,17H,4-5,8,16H2,1-3H3. The Hall–Kier alpha value is -1.45. The van der Waals surface area contributed by atoms with E-state index in [0.717, 1.165) is 18.5 Å². The van der Waals surface area contributed by atoms with E-state index in [1.807, 2.05) is 6.92 Å². The third kappa shape index (κ3) is 2.68. The van der Waals surface area contributed by atoms with Crippen LogP contribution in [0.2, 0.25) is 0 Å². The molecule has 2 rings (SSSR count). The summed E-state index contributed by atoms with van der Waals surface area (Å²) in [5, 5.41) is 3.35. The number of halogens is 1. The maximum Gasteiger partial charge on any atom is 0.167 e. The molecule has 0 amide bonds. The Bertz CT molecular complexity index is 446. The van der Waals surface area contributed by atoms with Gasteiger partial charge in [-0.3, -0.25) is 0 Å². The van der Waals surface area contributed by atoms with Gasteiger partial charge in [-0.05, 0) is 18.3 Å². The zero-order valence-electron chi connectivity index (χ0n) is 11.2. The number of anilines is 2. The lowest BCUT2D eigenvalue weighted by Gasteiger charge is -2.14. The fourth-order valence-corrected chi connectivity index (χ4v) is 1.92. The summed E-state index contributed by atoms with van der Waals surface area (Å²) in [6.07, 6.45) is 1.96. The maximum atomic E-state index is 13.6. The Kier molecular flexibility index (Phi) is 3.37. The van der Waals surface area contributed by atoms with Crippen molar-refractivity contribution in [3.63, 3.8) is 0 Å². The molecule has 1 aromatic rings. The smallest absolute Gasteiger partial charge is 0.167 e. The normalized spacial score (nSPS) is 20.6. The van der Waals surface area contributed by atoms with Crippen molar-refractivity contribution in [1.82, 2.24) is 0 Å².